The first-order valence-electron chi connectivity index (χ1n) is 4.99. The Kier molecular flexibility index (Phi) is 4.76. The summed E-state index contributed by atoms with van der Waals surface area (Å²) in [5.74, 6) is -3.40. The van der Waals surface area contributed by atoms with E-state index < -0.39 is 28.6 Å². The number of rotatable bonds is 5. The molecule has 1 rings (SSSR count). The third-order valence-electron chi connectivity index (χ3n) is 2.23. The van der Waals surface area contributed by atoms with E-state index >= 15 is 0 Å². The summed E-state index contributed by atoms with van der Waals surface area (Å²) in [6.45, 7) is 0. The number of hydrogen-bond donors (Lipinski definition) is 2. The zero-order chi connectivity index (χ0) is 14.6. The molecule has 0 heterocycles. The molecule has 0 saturated heterocycles. The molecule has 1 aromatic carbocycles. The van der Waals surface area contributed by atoms with Crippen LogP contribution in [0.25, 0.3) is 0 Å². The first kappa shape index (κ1) is 15.3. The van der Waals surface area contributed by atoms with E-state index in [0.29, 0.717) is 4.90 Å². The highest BCUT2D eigenvalue weighted by atomic mass is 32.2. The number of thioether (sulfide) groups is 1. The van der Waals surface area contributed by atoms with Crippen LogP contribution in [0, 0.1) is 21.4 Å². The van der Waals surface area contributed by atoms with E-state index in [1.807, 2.05) is 0 Å². The van der Waals surface area contributed by atoms with Crippen LogP contribution in [0.15, 0.2) is 29.2 Å². The van der Waals surface area contributed by atoms with Crippen molar-refractivity contribution in [1.82, 2.24) is 0 Å². The number of nitrogens with zero attached hydrogens (tertiary/aromatic N) is 1. The summed E-state index contributed by atoms with van der Waals surface area (Å²) in [6, 6.07) is 5.13. The van der Waals surface area contributed by atoms with Gasteiger partial charge in [0.15, 0.2) is 0 Å². The van der Waals surface area contributed by atoms with Crippen LogP contribution in [0.4, 0.5) is 18.9 Å². The van der Waals surface area contributed by atoms with Gasteiger partial charge in [-0.05, 0) is 12.1 Å². The molecule has 104 valence electrons. The second kappa shape index (κ2) is 5.91. The van der Waals surface area contributed by atoms with Gasteiger partial charge >= 0.3 is 6.18 Å². The fraction of sp³-hybridized carbons (Fsp3) is 0.300. The molecule has 0 aromatic heterocycles. The normalized spacial score (nSPS) is 13.0. The largest absolute Gasteiger partial charge is 0.399 e. The molecule has 1 unspecified atom stereocenters. The predicted octanol–water partition coefficient (Wildman–Crippen LogP) is 2.80. The Morgan fingerprint density at radius 3 is 2.32 bits per heavy atom. The number of nitro benzene ring substituents is 1. The Labute approximate surface area is 110 Å². The Morgan fingerprint density at radius 1 is 1.42 bits per heavy atom. The monoisotopic (exact) mass is 293 g/mol. The summed E-state index contributed by atoms with van der Waals surface area (Å²) in [5, 5.41) is 17.3. The van der Waals surface area contributed by atoms with Gasteiger partial charge in [0.2, 0.25) is 0 Å². The molecule has 0 fully saturated rings. The number of non-ortho nitro benzene ring substituents is 1. The molecule has 3 N–H and O–H groups in total. The maximum atomic E-state index is 12.5. The van der Waals surface area contributed by atoms with Crippen LogP contribution in [0.2, 0.25) is 0 Å². The van der Waals surface area contributed by atoms with Crippen molar-refractivity contribution in [2.45, 2.75) is 11.1 Å². The van der Waals surface area contributed by atoms with Gasteiger partial charge in [-0.15, -0.1) is 11.8 Å². The maximum absolute atomic E-state index is 12.5. The van der Waals surface area contributed by atoms with Crippen LogP contribution in [0.3, 0.4) is 0 Å². The number of amidine groups is 1. The number of nitrogens with two attached hydrogens (primary N) is 1. The fourth-order valence-corrected chi connectivity index (χ4v) is 2.26. The van der Waals surface area contributed by atoms with Crippen LogP contribution >= 0.6 is 11.8 Å². The summed E-state index contributed by atoms with van der Waals surface area (Å²) < 4.78 is 37.6. The zero-order valence-corrected chi connectivity index (χ0v) is 10.3. The number of halogens is 3. The van der Waals surface area contributed by atoms with Crippen molar-refractivity contribution in [2.24, 2.45) is 11.7 Å². The Bertz CT molecular complexity index is 476. The lowest BCUT2D eigenvalue weighted by Gasteiger charge is -2.18. The molecular formula is C10H10F3N3O2S. The van der Waals surface area contributed by atoms with Crippen LogP contribution < -0.4 is 5.73 Å². The van der Waals surface area contributed by atoms with Crippen LogP contribution in [-0.4, -0.2) is 22.7 Å². The lowest BCUT2D eigenvalue weighted by Crippen LogP contribution is -2.36. The van der Waals surface area contributed by atoms with E-state index in [1.165, 1.54) is 24.3 Å². The van der Waals surface area contributed by atoms with Crippen LogP contribution in [0.5, 0.6) is 0 Å². The van der Waals surface area contributed by atoms with E-state index in [0.717, 1.165) is 11.8 Å². The molecule has 0 aliphatic carbocycles. The summed E-state index contributed by atoms with van der Waals surface area (Å²) in [5.41, 5.74) is 4.78. The van der Waals surface area contributed by atoms with Gasteiger partial charge in [0, 0.05) is 22.8 Å². The summed E-state index contributed by atoms with van der Waals surface area (Å²) in [7, 11) is 0. The molecule has 19 heavy (non-hydrogen) atoms. The van der Waals surface area contributed by atoms with Crippen molar-refractivity contribution in [1.29, 1.82) is 5.41 Å². The van der Waals surface area contributed by atoms with Gasteiger partial charge in [-0.2, -0.15) is 13.2 Å². The minimum atomic E-state index is -4.57. The number of hydrogen-bond acceptors (Lipinski definition) is 4. The van der Waals surface area contributed by atoms with E-state index in [-0.39, 0.29) is 5.69 Å². The predicted molar refractivity (Wildman–Crippen MR) is 65.3 cm³/mol. The molecule has 0 bridgehead atoms. The van der Waals surface area contributed by atoms with Gasteiger partial charge in [-0.25, -0.2) is 0 Å². The molecule has 0 aliphatic rings. The average molecular weight is 293 g/mol. The number of nitrogens with one attached hydrogen (secondary N) is 1. The molecule has 1 aromatic rings. The van der Waals surface area contributed by atoms with Gasteiger partial charge in [0.25, 0.3) is 5.69 Å². The average Bonchev–Trinajstić information content (AvgIpc) is 2.27. The highest BCUT2D eigenvalue weighted by Gasteiger charge is 2.41. The summed E-state index contributed by atoms with van der Waals surface area (Å²) in [6.07, 6.45) is -4.57. The second-order valence-electron chi connectivity index (χ2n) is 3.61. The van der Waals surface area contributed by atoms with Crippen molar-refractivity contribution in [2.75, 3.05) is 5.75 Å². The van der Waals surface area contributed by atoms with Gasteiger partial charge < -0.3 is 5.73 Å². The lowest BCUT2D eigenvalue weighted by molar-refractivity contribution is -0.384. The number of nitro groups is 1. The molecular weight excluding hydrogens is 283 g/mol. The van der Waals surface area contributed by atoms with Crippen molar-refractivity contribution in [3.8, 4) is 0 Å². The molecule has 0 radical (unpaired) electrons. The SMILES string of the molecule is N=C(N)C(CSc1ccc([N+](=O)[O-])cc1)C(F)(F)F. The van der Waals surface area contributed by atoms with Gasteiger partial charge in [-0.1, -0.05) is 0 Å². The van der Waals surface area contributed by atoms with Crippen LogP contribution in [0.1, 0.15) is 0 Å². The third-order valence-corrected chi connectivity index (χ3v) is 3.34. The van der Waals surface area contributed by atoms with Crippen molar-refractivity contribution in [3.05, 3.63) is 34.4 Å². The molecule has 1 atom stereocenters. The maximum Gasteiger partial charge on any atom is 0.399 e. The standard InChI is InChI=1S/C10H10F3N3O2S/c11-10(12,13)8(9(14)15)5-19-7-3-1-6(2-4-7)16(17)18/h1-4,8H,5H2,(H3,14,15). The molecule has 0 aliphatic heterocycles. The van der Waals surface area contributed by atoms with Crippen LogP contribution in [-0.2, 0) is 0 Å². The minimum Gasteiger partial charge on any atom is -0.387 e. The first-order chi connectivity index (χ1) is 8.71. The quantitative estimate of drug-likeness (QED) is 0.287. The minimum absolute atomic E-state index is 0.136. The first-order valence-corrected chi connectivity index (χ1v) is 5.98. The molecule has 5 nitrogen and oxygen atoms in total. The summed E-state index contributed by atoms with van der Waals surface area (Å²) >= 11 is 0.841. The third kappa shape index (κ3) is 4.43. The van der Waals surface area contributed by atoms with E-state index in [9.17, 15) is 23.3 Å². The number of benzene rings is 1. The highest BCUT2D eigenvalue weighted by Crippen LogP contribution is 2.32. The molecule has 0 saturated carbocycles. The highest BCUT2D eigenvalue weighted by molar-refractivity contribution is 7.99. The Hall–Kier alpha value is -1.77. The Balaban J connectivity index is 2.70. The van der Waals surface area contributed by atoms with E-state index in [4.69, 9.17) is 11.1 Å². The molecule has 9 heteroatoms. The topological polar surface area (TPSA) is 93.0 Å². The van der Waals surface area contributed by atoms with Gasteiger partial charge in [0.1, 0.15) is 11.8 Å². The van der Waals surface area contributed by atoms with Crippen molar-refractivity contribution < 1.29 is 18.1 Å². The Morgan fingerprint density at radius 2 is 1.95 bits per heavy atom. The second-order valence-corrected chi connectivity index (χ2v) is 4.70. The van der Waals surface area contributed by atoms with Crippen molar-refractivity contribution in [3.63, 3.8) is 0 Å². The lowest BCUT2D eigenvalue weighted by atomic mass is 10.1. The number of alkyl halides is 3. The van der Waals surface area contributed by atoms with Crippen molar-refractivity contribution >= 4 is 23.3 Å². The van der Waals surface area contributed by atoms with E-state index in [2.05, 4.69) is 0 Å². The van der Waals surface area contributed by atoms with E-state index in [1.54, 1.807) is 0 Å². The fourth-order valence-electron chi connectivity index (χ4n) is 1.20. The van der Waals surface area contributed by atoms with Gasteiger partial charge in [-0.3, -0.25) is 15.5 Å². The molecule has 0 amide bonds. The smallest absolute Gasteiger partial charge is 0.387 e. The zero-order valence-electron chi connectivity index (χ0n) is 9.48. The van der Waals surface area contributed by atoms with Gasteiger partial charge in [0.05, 0.1) is 4.92 Å². The molecule has 0 spiro atoms. The summed E-state index contributed by atoms with van der Waals surface area (Å²) in [4.78, 5) is 10.3.